The maximum Gasteiger partial charge on any atom is 0.338 e. The molecule has 0 unspecified atom stereocenters. The van der Waals surface area contributed by atoms with Crippen molar-refractivity contribution in [3.05, 3.63) is 59.7 Å². The topological polar surface area (TPSA) is 61.8 Å². The Morgan fingerprint density at radius 1 is 0.646 bits per heavy atom. The molecule has 4 bridgehead atoms. The Labute approximate surface area is 290 Å². The summed E-state index contributed by atoms with van der Waals surface area (Å²) in [6, 6.07) is 14.8. The second-order valence-electron chi connectivity index (χ2n) is 15.5. The average molecular weight is 659 g/mol. The summed E-state index contributed by atoms with van der Waals surface area (Å²) in [7, 11) is 0. The Balaban J connectivity index is 1.04. The molecule has 0 aromatic heterocycles. The van der Waals surface area contributed by atoms with Gasteiger partial charge in [0.1, 0.15) is 18.1 Å². The minimum atomic E-state index is -0.446. The van der Waals surface area contributed by atoms with Crippen LogP contribution in [0.25, 0.3) is 0 Å². The molecule has 0 aliphatic heterocycles. The molecule has 48 heavy (non-hydrogen) atoms. The molecule has 5 nitrogen and oxygen atoms in total. The molecule has 2 aromatic carbocycles. The minimum absolute atomic E-state index is 0.125. The van der Waals surface area contributed by atoms with Gasteiger partial charge in [-0.3, -0.25) is 4.79 Å². The number of ether oxygens (including phenoxy) is 3. The van der Waals surface area contributed by atoms with E-state index in [4.69, 9.17) is 14.2 Å². The zero-order valence-corrected chi connectivity index (χ0v) is 29.9. The Bertz CT molecular complexity index is 1220. The van der Waals surface area contributed by atoms with Gasteiger partial charge in [0, 0.05) is 6.07 Å². The van der Waals surface area contributed by atoms with E-state index in [9.17, 15) is 9.59 Å². The van der Waals surface area contributed by atoms with Crippen LogP contribution in [0.4, 0.5) is 0 Å². The van der Waals surface area contributed by atoms with Crippen molar-refractivity contribution in [2.45, 2.75) is 155 Å². The van der Waals surface area contributed by atoms with Gasteiger partial charge in [-0.2, -0.15) is 0 Å². The van der Waals surface area contributed by atoms with Crippen LogP contribution in [-0.2, 0) is 16.1 Å². The van der Waals surface area contributed by atoms with Crippen LogP contribution in [0, 0.1) is 23.2 Å². The zero-order valence-electron chi connectivity index (χ0n) is 29.9. The summed E-state index contributed by atoms with van der Waals surface area (Å²) in [4.78, 5) is 26.9. The number of hydrogen-bond donors (Lipinski definition) is 0. The van der Waals surface area contributed by atoms with Crippen LogP contribution in [0.5, 0.6) is 11.5 Å². The van der Waals surface area contributed by atoms with Gasteiger partial charge in [0.15, 0.2) is 0 Å². The molecule has 6 rings (SSSR count). The highest BCUT2D eigenvalue weighted by atomic mass is 16.5. The van der Waals surface area contributed by atoms with Gasteiger partial charge >= 0.3 is 11.9 Å². The second-order valence-corrected chi connectivity index (χ2v) is 15.5. The van der Waals surface area contributed by atoms with Gasteiger partial charge in [-0.15, -0.1) is 0 Å². The lowest BCUT2D eigenvalue weighted by atomic mass is 9.49. The van der Waals surface area contributed by atoms with Crippen molar-refractivity contribution in [3.63, 3.8) is 0 Å². The average Bonchev–Trinajstić information content (AvgIpc) is 3.08. The molecule has 0 spiro atoms. The number of carbonyl (C=O) groups is 2. The third kappa shape index (κ3) is 11.4. The van der Waals surface area contributed by atoms with Gasteiger partial charge in [0.05, 0.1) is 17.6 Å². The fraction of sp³-hybridized carbons (Fsp3) is 0.674. The summed E-state index contributed by atoms with van der Waals surface area (Å²) in [5, 5.41) is 0. The first-order valence-electron chi connectivity index (χ1n) is 19.7. The Hall–Kier alpha value is -2.82. The summed E-state index contributed by atoms with van der Waals surface area (Å²) in [6.07, 6.45) is 27.9. The molecule has 4 aliphatic rings. The van der Waals surface area contributed by atoms with E-state index in [1.807, 2.05) is 30.3 Å². The third-order valence-electron chi connectivity index (χ3n) is 11.3. The van der Waals surface area contributed by atoms with Gasteiger partial charge in [-0.05, 0) is 80.4 Å². The molecule has 5 heteroatoms. The predicted molar refractivity (Wildman–Crippen MR) is 193 cm³/mol. The largest absolute Gasteiger partial charge is 0.493 e. The van der Waals surface area contributed by atoms with Crippen LogP contribution in [0.1, 0.15) is 164 Å². The standard InChI is InChI=1S/C43H62O5/c1-2-3-4-5-6-7-8-9-10-11-12-13-14-15-16-20-23-46-39-27-38(41(44)47-33-34-21-18-17-19-22-34)28-40(29-39)48-42(45)43-30-35-24-36(31-43)26-37(25-35)32-43/h17-19,21-22,27-29,35-37H,2-16,20,23-26,30-33H2,1H3. The molecular formula is C43H62O5. The second kappa shape index (κ2) is 19.4. The van der Waals surface area contributed by atoms with Crippen molar-refractivity contribution in [2.24, 2.45) is 23.2 Å². The number of rotatable bonds is 23. The maximum absolute atomic E-state index is 13.7. The van der Waals surface area contributed by atoms with Crippen LogP contribution in [0.2, 0.25) is 0 Å². The molecule has 0 radical (unpaired) electrons. The smallest absolute Gasteiger partial charge is 0.338 e. The van der Waals surface area contributed by atoms with Crippen LogP contribution in [-0.4, -0.2) is 18.5 Å². The Morgan fingerprint density at radius 2 is 1.15 bits per heavy atom. The van der Waals surface area contributed by atoms with E-state index >= 15 is 0 Å². The molecule has 0 saturated heterocycles. The third-order valence-corrected chi connectivity index (χ3v) is 11.3. The maximum atomic E-state index is 13.7. The van der Waals surface area contributed by atoms with E-state index in [0.717, 1.165) is 37.7 Å². The van der Waals surface area contributed by atoms with Gasteiger partial charge < -0.3 is 14.2 Å². The number of benzene rings is 2. The number of carbonyl (C=O) groups excluding carboxylic acids is 2. The first-order valence-corrected chi connectivity index (χ1v) is 19.7. The Morgan fingerprint density at radius 3 is 1.69 bits per heavy atom. The Kier molecular flexibility index (Phi) is 14.7. The highest BCUT2D eigenvalue weighted by Crippen LogP contribution is 2.60. The number of hydrogen-bond acceptors (Lipinski definition) is 5. The number of esters is 2. The van der Waals surface area contributed by atoms with Crippen molar-refractivity contribution in [2.75, 3.05) is 6.61 Å². The summed E-state index contributed by atoms with van der Waals surface area (Å²) >= 11 is 0. The molecule has 0 heterocycles. The van der Waals surface area contributed by atoms with Gasteiger partial charge in [0.25, 0.3) is 0 Å². The molecule has 0 atom stereocenters. The zero-order chi connectivity index (χ0) is 33.4. The molecular weight excluding hydrogens is 596 g/mol. The summed E-state index contributed by atoms with van der Waals surface area (Å²) in [5.74, 6) is 2.33. The number of unbranched alkanes of at least 4 members (excludes halogenated alkanes) is 15. The van der Waals surface area contributed by atoms with E-state index in [0.29, 0.717) is 41.4 Å². The first-order chi connectivity index (χ1) is 23.5. The highest BCUT2D eigenvalue weighted by molar-refractivity contribution is 5.91. The van der Waals surface area contributed by atoms with Crippen molar-refractivity contribution in [1.29, 1.82) is 0 Å². The summed E-state index contributed by atoms with van der Waals surface area (Å²) < 4.78 is 17.9. The van der Waals surface area contributed by atoms with Gasteiger partial charge in [0.2, 0.25) is 0 Å². The van der Waals surface area contributed by atoms with E-state index in [2.05, 4.69) is 6.92 Å². The van der Waals surface area contributed by atoms with Crippen molar-refractivity contribution in [3.8, 4) is 11.5 Å². The van der Waals surface area contributed by atoms with E-state index in [-0.39, 0.29) is 18.0 Å². The molecule has 4 fully saturated rings. The quantitative estimate of drug-likeness (QED) is 0.0675. The summed E-state index contributed by atoms with van der Waals surface area (Å²) in [5.41, 5.74) is 0.909. The van der Waals surface area contributed by atoms with Crippen LogP contribution in [0.3, 0.4) is 0 Å². The molecule has 4 saturated carbocycles. The lowest BCUT2D eigenvalue weighted by Crippen LogP contribution is -2.51. The molecule has 2 aromatic rings. The monoisotopic (exact) mass is 658 g/mol. The van der Waals surface area contributed by atoms with Crippen molar-refractivity contribution >= 4 is 11.9 Å². The van der Waals surface area contributed by atoms with Crippen molar-refractivity contribution < 1.29 is 23.8 Å². The van der Waals surface area contributed by atoms with E-state index in [1.165, 1.54) is 109 Å². The molecule has 264 valence electrons. The highest BCUT2D eigenvalue weighted by Gasteiger charge is 2.55. The summed E-state index contributed by atoms with van der Waals surface area (Å²) in [6.45, 7) is 3.04. The van der Waals surface area contributed by atoms with Crippen LogP contribution in [0.15, 0.2) is 48.5 Å². The molecule has 4 aliphatic carbocycles. The molecule has 0 amide bonds. The van der Waals surface area contributed by atoms with Gasteiger partial charge in [-0.1, -0.05) is 134 Å². The van der Waals surface area contributed by atoms with Gasteiger partial charge in [-0.25, -0.2) is 4.79 Å². The molecule has 0 N–H and O–H groups in total. The van der Waals surface area contributed by atoms with E-state index < -0.39 is 5.97 Å². The predicted octanol–water partition coefficient (Wildman–Crippen LogP) is 11.8. The SMILES string of the molecule is CCCCCCCCCCCCCCCCCCOc1cc(OC(=O)C23CC4CC(CC(C4)C2)C3)cc(C(=O)OCc2ccccc2)c1. The normalized spacial score (nSPS) is 22.5. The van der Waals surface area contributed by atoms with Crippen LogP contribution >= 0.6 is 0 Å². The van der Waals surface area contributed by atoms with Crippen molar-refractivity contribution in [1.82, 2.24) is 0 Å². The fourth-order valence-corrected chi connectivity index (χ4v) is 9.05. The fourth-order valence-electron chi connectivity index (χ4n) is 9.05. The minimum Gasteiger partial charge on any atom is -0.493 e. The van der Waals surface area contributed by atoms with E-state index in [1.54, 1.807) is 18.2 Å². The lowest BCUT2D eigenvalue weighted by molar-refractivity contribution is -0.161. The first kappa shape index (κ1) is 36.5. The van der Waals surface area contributed by atoms with Crippen LogP contribution < -0.4 is 9.47 Å². The lowest BCUT2D eigenvalue weighted by Gasteiger charge is -2.55.